The Morgan fingerprint density at radius 3 is 2.42 bits per heavy atom. The summed E-state index contributed by atoms with van der Waals surface area (Å²) in [6.45, 7) is 9.80. The maximum atomic E-state index is 13.5. The molecule has 0 bridgehead atoms. The number of aromatic nitrogens is 3. The molecule has 1 aliphatic carbocycles. The lowest BCUT2D eigenvalue weighted by Crippen LogP contribution is -2.27. The van der Waals surface area contributed by atoms with E-state index in [1.807, 2.05) is 75.7 Å². The van der Waals surface area contributed by atoms with Crippen LogP contribution in [0.25, 0.3) is 22.3 Å². The van der Waals surface area contributed by atoms with Gasteiger partial charge in [-0.3, -0.25) is 9.59 Å². The fraction of sp³-hybridized carbons (Fsp3) is 0.357. The van der Waals surface area contributed by atoms with Crippen molar-refractivity contribution in [2.45, 2.75) is 59.5 Å². The van der Waals surface area contributed by atoms with E-state index in [1.54, 1.807) is 6.20 Å². The highest BCUT2D eigenvalue weighted by atomic mass is 16.3. The molecule has 8 heteroatoms. The van der Waals surface area contributed by atoms with Gasteiger partial charge in [0.15, 0.2) is 5.65 Å². The number of aryl methyl sites for hydroxylation is 2. The third-order valence-electron chi connectivity index (χ3n) is 6.59. The van der Waals surface area contributed by atoms with Crippen molar-refractivity contribution in [1.29, 1.82) is 0 Å². The number of fused-ring (bicyclic) bond motifs is 1. The van der Waals surface area contributed by atoms with Crippen LogP contribution in [0.15, 0.2) is 47.0 Å². The second-order valence-electron chi connectivity index (χ2n) is 9.88. The maximum absolute atomic E-state index is 13.5. The standard InChI is InChI=1S/C28H31N5O3/c1-15(2)33-26-24(14-29-33)23(13-25(32-26)22-12-16(3)36-18(22)5)28(35)30-17(4)19-8-10-21(11-9-19)31-27(34)20-6-7-20/h8-15,17,20H,6-7H2,1-5H3,(H,30,35)(H,31,34). The van der Waals surface area contributed by atoms with Crippen molar-refractivity contribution in [2.24, 2.45) is 5.92 Å². The van der Waals surface area contributed by atoms with Crippen LogP contribution in [0.5, 0.6) is 0 Å². The van der Waals surface area contributed by atoms with Gasteiger partial charge in [-0.15, -0.1) is 0 Å². The predicted octanol–water partition coefficient (Wildman–Crippen LogP) is 5.73. The molecule has 4 aromatic rings. The van der Waals surface area contributed by atoms with Crippen LogP contribution in [0.3, 0.4) is 0 Å². The molecule has 1 atom stereocenters. The second-order valence-corrected chi connectivity index (χ2v) is 9.88. The summed E-state index contributed by atoms with van der Waals surface area (Å²) in [7, 11) is 0. The summed E-state index contributed by atoms with van der Waals surface area (Å²) < 4.78 is 7.55. The first-order valence-electron chi connectivity index (χ1n) is 12.4. The highest BCUT2D eigenvalue weighted by Crippen LogP contribution is 2.31. The van der Waals surface area contributed by atoms with E-state index in [9.17, 15) is 9.59 Å². The number of nitrogens with zero attached hydrogens (tertiary/aromatic N) is 3. The number of hydrogen-bond acceptors (Lipinski definition) is 5. The van der Waals surface area contributed by atoms with E-state index in [1.165, 1.54) is 0 Å². The van der Waals surface area contributed by atoms with Crippen LogP contribution in [0, 0.1) is 19.8 Å². The highest BCUT2D eigenvalue weighted by Gasteiger charge is 2.29. The highest BCUT2D eigenvalue weighted by molar-refractivity contribution is 6.06. The van der Waals surface area contributed by atoms with Gasteiger partial charge in [0.05, 0.1) is 28.9 Å². The summed E-state index contributed by atoms with van der Waals surface area (Å²) in [6.07, 6.45) is 3.64. The van der Waals surface area contributed by atoms with Crippen molar-refractivity contribution in [3.8, 4) is 11.3 Å². The van der Waals surface area contributed by atoms with Gasteiger partial charge in [-0.25, -0.2) is 9.67 Å². The number of hydrogen-bond donors (Lipinski definition) is 2. The summed E-state index contributed by atoms with van der Waals surface area (Å²) in [5, 5.41) is 11.3. The van der Waals surface area contributed by atoms with E-state index in [0.717, 1.165) is 41.2 Å². The number of carbonyl (C=O) groups is 2. The van der Waals surface area contributed by atoms with Gasteiger partial charge in [-0.1, -0.05) is 12.1 Å². The van der Waals surface area contributed by atoms with E-state index in [0.29, 0.717) is 22.3 Å². The Balaban J connectivity index is 1.43. The number of nitrogens with one attached hydrogen (secondary N) is 2. The summed E-state index contributed by atoms with van der Waals surface area (Å²) >= 11 is 0. The molecule has 1 aromatic carbocycles. The largest absolute Gasteiger partial charge is 0.466 e. The van der Waals surface area contributed by atoms with Crippen molar-refractivity contribution in [1.82, 2.24) is 20.1 Å². The minimum absolute atomic E-state index is 0.0756. The molecular formula is C28H31N5O3. The summed E-state index contributed by atoms with van der Waals surface area (Å²) in [5.74, 6) is 1.57. The number of anilines is 1. The van der Waals surface area contributed by atoms with Gasteiger partial charge in [0.1, 0.15) is 11.5 Å². The minimum Gasteiger partial charge on any atom is -0.466 e. The van der Waals surface area contributed by atoms with Gasteiger partial charge >= 0.3 is 0 Å². The zero-order chi connectivity index (χ0) is 25.6. The zero-order valence-corrected chi connectivity index (χ0v) is 21.3. The van der Waals surface area contributed by atoms with E-state index in [2.05, 4.69) is 15.7 Å². The van der Waals surface area contributed by atoms with E-state index >= 15 is 0 Å². The number of rotatable bonds is 7. The van der Waals surface area contributed by atoms with Gasteiger partial charge in [0.2, 0.25) is 5.91 Å². The smallest absolute Gasteiger partial charge is 0.252 e. The molecule has 5 rings (SSSR count). The van der Waals surface area contributed by atoms with Crippen molar-refractivity contribution in [2.75, 3.05) is 5.32 Å². The Hall–Kier alpha value is -3.94. The SMILES string of the molecule is Cc1cc(-c2cc(C(=O)NC(C)c3ccc(NC(=O)C4CC4)cc3)c3cnn(C(C)C)c3n2)c(C)o1. The number of pyridine rings is 1. The van der Waals surface area contributed by atoms with Gasteiger partial charge in [-0.2, -0.15) is 5.10 Å². The van der Waals surface area contributed by atoms with Crippen molar-refractivity contribution < 1.29 is 14.0 Å². The van der Waals surface area contributed by atoms with Crippen LogP contribution in [-0.2, 0) is 4.79 Å². The average Bonchev–Trinajstić information content (AvgIpc) is 3.52. The van der Waals surface area contributed by atoms with Gasteiger partial charge < -0.3 is 15.1 Å². The number of benzene rings is 1. The van der Waals surface area contributed by atoms with Gasteiger partial charge in [0, 0.05) is 23.2 Å². The molecule has 3 heterocycles. The molecule has 0 aliphatic heterocycles. The molecule has 1 saturated carbocycles. The number of amides is 2. The third kappa shape index (κ3) is 4.63. The lowest BCUT2D eigenvalue weighted by Gasteiger charge is -2.16. The quantitative estimate of drug-likeness (QED) is 0.348. The van der Waals surface area contributed by atoms with Crippen LogP contribution in [-0.4, -0.2) is 26.6 Å². The molecule has 0 saturated heterocycles. The summed E-state index contributed by atoms with van der Waals surface area (Å²) in [4.78, 5) is 30.4. The molecule has 1 fully saturated rings. The van der Waals surface area contributed by atoms with Crippen LogP contribution >= 0.6 is 0 Å². The van der Waals surface area contributed by atoms with Crippen LogP contribution < -0.4 is 10.6 Å². The average molecular weight is 486 g/mol. The Morgan fingerprint density at radius 1 is 1.08 bits per heavy atom. The number of furan rings is 1. The molecule has 8 nitrogen and oxygen atoms in total. The summed E-state index contributed by atoms with van der Waals surface area (Å²) in [6, 6.07) is 11.2. The Kier molecular flexibility index (Phi) is 6.12. The maximum Gasteiger partial charge on any atom is 0.252 e. The minimum atomic E-state index is -0.240. The monoisotopic (exact) mass is 485 g/mol. The molecule has 2 amide bonds. The Labute approximate surface area is 210 Å². The molecule has 36 heavy (non-hydrogen) atoms. The first kappa shape index (κ1) is 23.8. The van der Waals surface area contributed by atoms with Crippen LogP contribution in [0.1, 0.15) is 73.1 Å². The van der Waals surface area contributed by atoms with E-state index in [-0.39, 0.29) is 29.8 Å². The topological polar surface area (TPSA) is 102 Å². The van der Waals surface area contributed by atoms with E-state index in [4.69, 9.17) is 9.40 Å². The third-order valence-corrected chi connectivity index (χ3v) is 6.59. The van der Waals surface area contributed by atoms with Crippen molar-refractivity contribution in [3.05, 3.63) is 65.2 Å². The van der Waals surface area contributed by atoms with Crippen molar-refractivity contribution >= 4 is 28.5 Å². The fourth-order valence-corrected chi connectivity index (χ4v) is 4.41. The molecule has 1 aliphatic rings. The van der Waals surface area contributed by atoms with Crippen LogP contribution in [0.2, 0.25) is 0 Å². The van der Waals surface area contributed by atoms with Gasteiger partial charge in [0.25, 0.3) is 5.91 Å². The van der Waals surface area contributed by atoms with Crippen LogP contribution in [0.4, 0.5) is 5.69 Å². The lowest BCUT2D eigenvalue weighted by atomic mass is 10.0. The number of carbonyl (C=O) groups excluding carboxylic acids is 2. The summed E-state index contributed by atoms with van der Waals surface area (Å²) in [5.41, 5.74) is 4.42. The Bertz CT molecular complexity index is 1440. The van der Waals surface area contributed by atoms with Gasteiger partial charge in [-0.05, 0) is 77.3 Å². The Morgan fingerprint density at radius 2 is 1.81 bits per heavy atom. The molecule has 186 valence electrons. The first-order valence-corrected chi connectivity index (χ1v) is 12.4. The predicted molar refractivity (Wildman–Crippen MR) is 139 cm³/mol. The fourth-order valence-electron chi connectivity index (χ4n) is 4.41. The van der Waals surface area contributed by atoms with E-state index < -0.39 is 0 Å². The molecule has 2 N–H and O–H groups in total. The molecule has 0 radical (unpaired) electrons. The van der Waals surface area contributed by atoms with Crippen molar-refractivity contribution in [3.63, 3.8) is 0 Å². The molecular weight excluding hydrogens is 454 g/mol. The molecule has 1 unspecified atom stereocenters. The normalized spacial score (nSPS) is 14.3. The first-order chi connectivity index (χ1) is 17.2. The lowest BCUT2D eigenvalue weighted by molar-refractivity contribution is -0.117. The molecule has 3 aromatic heterocycles. The zero-order valence-electron chi connectivity index (χ0n) is 21.3. The second kappa shape index (κ2) is 9.26. The molecule has 0 spiro atoms.